The predicted molar refractivity (Wildman–Crippen MR) is 92.3 cm³/mol. The fourth-order valence-corrected chi connectivity index (χ4v) is 2.25. The third-order valence-corrected chi connectivity index (χ3v) is 3.71. The number of urea groups is 1. The number of likely N-dealkylation sites (N-methyl/N-ethyl adjacent to an activating group) is 1. The van der Waals surface area contributed by atoms with Crippen molar-refractivity contribution in [2.24, 2.45) is 0 Å². The number of phenols is 1. The van der Waals surface area contributed by atoms with Crippen molar-refractivity contribution in [1.29, 1.82) is 0 Å². The molecule has 0 aliphatic carbocycles. The number of hydrogen-bond acceptors (Lipinski definition) is 4. The lowest BCUT2D eigenvalue weighted by Gasteiger charge is -2.18. The van der Waals surface area contributed by atoms with Crippen molar-refractivity contribution in [3.63, 3.8) is 0 Å². The Morgan fingerprint density at radius 1 is 1.29 bits per heavy atom. The molecule has 0 saturated heterocycles. The van der Waals surface area contributed by atoms with Crippen LogP contribution in [0, 0.1) is 0 Å². The predicted octanol–water partition coefficient (Wildman–Crippen LogP) is 2.22. The van der Waals surface area contributed by atoms with Crippen molar-refractivity contribution < 1.29 is 14.6 Å². The van der Waals surface area contributed by atoms with Crippen LogP contribution >= 0.6 is 0 Å². The smallest absolute Gasteiger partial charge is 0.317 e. The van der Waals surface area contributed by atoms with Crippen molar-refractivity contribution in [3.8, 4) is 11.5 Å². The minimum absolute atomic E-state index is 0.113. The Morgan fingerprint density at radius 2 is 2.12 bits per heavy atom. The molecule has 24 heavy (non-hydrogen) atoms. The van der Waals surface area contributed by atoms with Gasteiger partial charge in [-0.15, -0.1) is 0 Å². The minimum atomic E-state index is -0.114. The highest BCUT2D eigenvalue weighted by atomic mass is 16.5. The van der Waals surface area contributed by atoms with E-state index in [-0.39, 0.29) is 11.8 Å². The number of pyridine rings is 1. The number of benzene rings is 1. The van der Waals surface area contributed by atoms with Gasteiger partial charge in [-0.2, -0.15) is 0 Å². The molecule has 128 valence electrons. The van der Waals surface area contributed by atoms with Crippen LogP contribution in [0.15, 0.2) is 42.6 Å². The van der Waals surface area contributed by atoms with Crippen LogP contribution in [0.25, 0.3) is 0 Å². The molecule has 0 bridgehead atoms. The van der Waals surface area contributed by atoms with E-state index >= 15 is 0 Å². The lowest BCUT2D eigenvalue weighted by Crippen LogP contribution is -2.39. The molecule has 0 aliphatic rings. The van der Waals surface area contributed by atoms with E-state index < -0.39 is 0 Å². The second-order valence-electron chi connectivity index (χ2n) is 5.48. The fraction of sp³-hybridized carbons (Fsp3) is 0.333. The summed E-state index contributed by atoms with van der Waals surface area (Å²) < 4.78 is 5.09. The van der Waals surface area contributed by atoms with E-state index in [2.05, 4.69) is 10.3 Å². The Kier molecular flexibility index (Phi) is 6.42. The monoisotopic (exact) mass is 329 g/mol. The Morgan fingerprint density at radius 3 is 2.83 bits per heavy atom. The molecule has 0 saturated carbocycles. The van der Waals surface area contributed by atoms with E-state index in [1.54, 1.807) is 30.3 Å². The summed E-state index contributed by atoms with van der Waals surface area (Å²) in [7, 11) is 3.27. The van der Waals surface area contributed by atoms with E-state index in [4.69, 9.17) is 4.74 Å². The molecule has 0 unspecified atom stereocenters. The number of aromatic nitrogens is 1. The summed E-state index contributed by atoms with van der Waals surface area (Å²) in [5.41, 5.74) is 1.95. The number of ether oxygens (including phenoxy) is 1. The van der Waals surface area contributed by atoms with Gasteiger partial charge in [0.2, 0.25) is 0 Å². The summed E-state index contributed by atoms with van der Waals surface area (Å²) in [4.78, 5) is 17.9. The topological polar surface area (TPSA) is 74.7 Å². The van der Waals surface area contributed by atoms with E-state index in [1.807, 2.05) is 24.3 Å². The number of carbonyl (C=O) groups excluding carboxylic acids is 1. The fourth-order valence-electron chi connectivity index (χ4n) is 2.25. The summed E-state index contributed by atoms with van der Waals surface area (Å²) in [5, 5.41) is 12.5. The quantitative estimate of drug-likeness (QED) is 0.817. The second-order valence-corrected chi connectivity index (χ2v) is 5.48. The van der Waals surface area contributed by atoms with Gasteiger partial charge in [0, 0.05) is 38.4 Å². The van der Waals surface area contributed by atoms with Crippen LogP contribution in [0.5, 0.6) is 11.5 Å². The van der Waals surface area contributed by atoms with Crippen LogP contribution in [0.1, 0.15) is 11.3 Å². The van der Waals surface area contributed by atoms with Crippen molar-refractivity contribution in [1.82, 2.24) is 15.2 Å². The van der Waals surface area contributed by atoms with Crippen LogP contribution < -0.4 is 10.1 Å². The molecule has 1 aromatic carbocycles. The summed E-state index contributed by atoms with van der Waals surface area (Å²) in [6, 6.07) is 10.8. The number of phenolic OH excluding ortho intramolecular Hbond substituents is 1. The maximum absolute atomic E-state index is 12.1. The zero-order valence-electron chi connectivity index (χ0n) is 14.0. The third-order valence-electron chi connectivity index (χ3n) is 3.71. The van der Waals surface area contributed by atoms with Gasteiger partial charge in [0.15, 0.2) is 11.5 Å². The molecule has 6 heteroatoms. The van der Waals surface area contributed by atoms with Gasteiger partial charge in [-0.05, 0) is 36.2 Å². The number of hydrogen-bond donors (Lipinski definition) is 2. The van der Waals surface area contributed by atoms with Crippen molar-refractivity contribution in [2.45, 2.75) is 12.8 Å². The first-order chi connectivity index (χ1) is 11.6. The first-order valence-corrected chi connectivity index (χ1v) is 7.85. The van der Waals surface area contributed by atoms with E-state index in [9.17, 15) is 9.90 Å². The average molecular weight is 329 g/mol. The van der Waals surface area contributed by atoms with E-state index in [1.165, 1.54) is 7.11 Å². The highest BCUT2D eigenvalue weighted by molar-refractivity contribution is 5.73. The van der Waals surface area contributed by atoms with Crippen LogP contribution in [0.4, 0.5) is 4.79 Å². The van der Waals surface area contributed by atoms with Crippen molar-refractivity contribution >= 4 is 6.03 Å². The molecule has 0 fully saturated rings. The minimum Gasteiger partial charge on any atom is -0.504 e. The summed E-state index contributed by atoms with van der Waals surface area (Å²) in [6.07, 6.45) is 3.13. The molecule has 0 spiro atoms. The van der Waals surface area contributed by atoms with Gasteiger partial charge in [-0.3, -0.25) is 4.98 Å². The maximum atomic E-state index is 12.1. The molecule has 1 aromatic heterocycles. The summed E-state index contributed by atoms with van der Waals surface area (Å²) in [6.45, 7) is 1.12. The number of amides is 2. The van der Waals surface area contributed by atoms with Crippen LogP contribution in [-0.4, -0.2) is 48.3 Å². The van der Waals surface area contributed by atoms with Crippen LogP contribution in [0.3, 0.4) is 0 Å². The zero-order valence-corrected chi connectivity index (χ0v) is 14.0. The largest absolute Gasteiger partial charge is 0.504 e. The maximum Gasteiger partial charge on any atom is 0.317 e. The molecule has 0 atom stereocenters. The van der Waals surface area contributed by atoms with Crippen molar-refractivity contribution in [2.75, 3.05) is 27.2 Å². The van der Waals surface area contributed by atoms with Gasteiger partial charge in [0.25, 0.3) is 0 Å². The number of carbonyl (C=O) groups is 1. The van der Waals surface area contributed by atoms with Gasteiger partial charge in [-0.25, -0.2) is 4.79 Å². The molecule has 2 rings (SSSR count). The highest BCUT2D eigenvalue weighted by Gasteiger charge is 2.09. The van der Waals surface area contributed by atoms with Crippen LogP contribution in [-0.2, 0) is 12.8 Å². The second kappa shape index (κ2) is 8.76. The third kappa shape index (κ3) is 5.15. The van der Waals surface area contributed by atoms with E-state index in [0.717, 1.165) is 11.3 Å². The Hall–Kier alpha value is -2.76. The normalized spacial score (nSPS) is 10.2. The number of aromatic hydroxyl groups is 1. The molecule has 0 aliphatic heterocycles. The Labute approximate surface area is 142 Å². The lowest BCUT2D eigenvalue weighted by atomic mass is 10.1. The molecule has 2 amide bonds. The average Bonchev–Trinajstić information content (AvgIpc) is 2.61. The molecule has 2 N–H and O–H groups in total. The molecule has 6 nitrogen and oxygen atoms in total. The van der Waals surface area contributed by atoms with Crippen LogP contribution in [0.2, 0.25) is 0 Å². The number of nitrogens with zero attached hydrogens (tertiary/aromatic N) is 2. The van der Waals surface area contributed by atoms with Gasteiger partial charge < -0.3 is 20.1 Å². The molecule has 2 aromatic rings. The summed E-state index contributed by atoms with van der Waals surface area (Å²) >= 11 is 0. The molecule has 1 heterocycles. The SMILES string of the molecule is COc1cc(CCN(C)C(=O)NCCc2ccccn2)ccc1O. The first kappa shape index (κ1) is 17.6. The lowest BCUT2D eigenvalue weighted by molar-refractivity contribution is 0.209. The first-order valence-electron chi connectivity index (χ1n) is 7.85. The number of rotatable bonds is 7. The Bertz CT molecular complexity index is 662. The van der Waals surface area contributed by atoms with Gasteiger partial charge >= 0.3 is 6.03 Å². The van der Waals surface area contributed by atoms with E-state index in [0.29, 0.717) is 31.7 Å². The molecular weight excluding hydrogens is 306 g/mol. The highest BCUT2D eigenvalue weighted by Crippen LogP contribution is 2.26. The Balaban J connectivity index is 1.75. The van der Waals surface area contributed by atoms with Gasteiger partial charge in [-0.1, -0.05) is 12.1 Å². The van der Waals surface area contributed by atoms with Crippen molar-refractivity contribution in [3.05, 3.63) is 53.9 Å². The van der Waals surface area contributed by atoms with Gasteiger partial charge in [0.1, 0.15) is 0 Å². The zero-order chi connectivity index (χ0) is 17.4. The number of methoxy groups -OCH3 is 1. The molecule has 0 radical (unpaired) electrons. The number of nitrogens with one attached hydrogen (secondary N) is 1. The van der Waals surface area contributed by atoms with Gasteiger partial charge in [0.05, 0.1) is 7.11 Å². The molecular formula is C18H23N3O3. The summed E-state index contributed by atoms with van der Waals surface area (Å²) in [5.74, 6) is 0.553. The standard InChI is InChI=1S/C18H23N3O3/c1-21(12-9-14-6-7-16(22)17(13-14)24-2)18(23)20-11-8-15-5-3-4-10-19-15/h3-7,10,13,22H,8-9,11-12H2,1-2H3,(H,20,23).